The molecule has 2 rings (SSSR count). The number of rotatable bonds is 3. The average Bonchev–Trinajstić information content (AvgIpc) is 2.41. The van der Waals surface area contributed by atoms with Gasteiger partial charge >= 0.3 is 0 Å². The maximum Gasteiger partial charge on any atom is 0.261 e. The number of hydrogen-bond acceptors (Lipinski definition) is 4. The first-order chi connectivity index (χ1) is 9.01. The van der Waals surface area contributed by atoms with Crippen LogP contribution in [0.3, 0.4) is 0 Å². The topological polar surface area (TPSA) is 82.8 Å². The van der Waals surface area contributed by atoms with Crippen LogP contribution in [0.5, 0.6) is 0 Å². The maximum absolute atomic E-state index is 12.6. The van der Waals surface area contributed by atoms with Gasteiger partial charge in [-0.1, -0.05) is 0 Å². The molecular formula is C12H8FN3O2S. The number of nitrogens with one attached hydrogen (secondary N) is 1. The number of halogens is 1. The van der Waals surface area contributed by atoms with Crippen molar-refractivity contribution in [3.05, 3.63) is 54.1 Å². The zero-order valence-corrected chi connectivity index (χ0v) is 10.4. The van der Waals surface area contributed by atoms with E-state index in [1.54, 1.807) is 0 Å². The summed E-state index contributed by atoms with van der Waals surface area (Å²) in [4.78, 5) is 3.36. The molecule has 5 nitrogen and oxygen atoms in total. The van der Waals surface area contributed by atoms with Gasteiger partial charge in [0.1, 0.15) is 0 Å². The number of benzene rings is 1. The Bertz CT molecular complexity index is 719. The second-order valence-corrected chi connectivity index (χ2v) is 5.29. The van der Waals surface area contributed by atoms with Crippen LogP contribution in [-0.4, -0.2) is 13.4 Å². The number of nitriles is 1. The van der Waals surface area contributed by atoms with Crippen LogP contribution in [-0.2, 0) is 10.0 Å². The van der Waals surface area contributed by atoms with Crippen molar-refractivity contribution >= 4 is 15.7 Å². The van der Waals surface area contributed by atoms with Crippen LogP contribution in [0.4, 0.5) is 10.1 Å². The first-order valence-corrected chi connectivity index (χ1v) is 6.64. The number of hydrogen-bond donors (Lipinski definition) is 1. The molecule has 0 saturated carbocycles. The molecular weight excluding hydrogens is 269 g/mol. The van der Waals surface area contributed by atoms with Gasteiger partial charge in [0.2, 0.25) is 5.95 Å². The molecule has 0 aliphatic heterocycles. The highest BCUT2D eigenvalue weighted by atomic mass is 32.2. The van der Waals surface area contributed by atoms with E-state index in [1.165, 1.54) is 30.3 Å². The minimum atomic E-state index is -3.77. The predicted molar refractivity (Wildman–Crippen MR) is 66.2 cm³/mol. The molecule has 0 unspecified atom stereocenters. The van der Waals surface area contributed by atoms with Crippen molar-refractivity contribution in [2.45, 2.75) is 4.90 Å². The maximum atomic E-state index is 12.6. The summed E-state index contributed by atoms with van der Waals surface area (Å²) in [5.74, 6) is -0.693. The Hall–Kier alpha value is -2.46. The van der Waals surface area contributed by atoms with E-state index in [4.69, 9.17) is 5.26 Å². The van der Waals surface area contributed by atoms with Gasteiger partial charge in [0.05, 0.1) is 28.4 Å². The zero-order chi connectivity index (χ0) is 13.9. The van der Waals surface area contributed by atoms with Crippen molar-refractivity contribution < 1.29 is 12.8 Å². The van der Waals surface area contributed by atoms with Crippen LogP contribution in [0.15, 0.2) is 47.5 Å². The molecule has 19 heavy (non-hydrogen) atoms. The lowest BCUT2D eigenvalue weighted by molar-refractivity contribution is 0.583. The Morgan fingerprint density at radius 3 is 2.37 bits per heavy atom. The van der Waals surface area contributed by atoms with Gasteiger partial charge in [-0.15, -0.1) is 0 Å². The fraction of sp³-hybridized carbons (Fsp3) is 0. The van der Waals surface area contributed by atoms with Crippen molar-refractivity contribution in [3.8, 4) is 6.07 Å². The van der Waals surface area contributed by atoms with Gasteiger partial charge in [-0.2, -0.15) is 9.65 Å². The van der Waals surface area contributed by atoms with Gasteiger partial charge in [-0.25, -0.2) is 13.4 Å². The third-order valence-electron chi connectivity index (χ3n) is 2.27. The Morgan fingerprint density at radius 2 is 1.84 bits per heavy atom. The molecule has 1 aromatic heterocycles. The first kappa shape index (κ1) is 13.0. The minimum absolute atomic E-state index is 0.0100. The van der Waals surface area contributed by atoms with Gasteiger partial charge in [-0.05, 0) is 36.4 Å². The number of anilines is 1. The van der Waals surface area contributed by atoms with E-state index in [-0.39, 0.29) is 10.6 Å². The number of sulfonamides is 1. The summed E-state index contributed by atoms with van der Waals surface area (Å²) in [6.07, 6.45) is 1.08. The summed E-state index contributed by atoms with van der Waals surface area (Å²) >= 11 is 0. The summed E-state index contributed by atoms with van der Waals surface area (Å²) < 4.78 is 38.8. The molecule has 7 heteroatoms. The van der Waals surface area contributed by atoms with Crippen LogP contribution in [0.1, 0.15) is 5.56 Å². The Labute approximate surface area is 109 Å². The van der Waals surface area contributed by atoms with E-state index in [9.17, 15) is 12.8 Å². The molecule has 0 amide bonds. The molecule has 1 N–H and O–H groups in total. The van der Waals surface area contributed by atoms with E-state index < -0.39 is 16.0 Å². The van der Waals surface area contributed by atoms with Gasteiger partial charge in [0.15, 0.2) is 0 Å². The number of aromatic nitrogens is 1. The van der Waals surface area contributed by atoms with Gasteiger partial charge < -0.3 is 0 Å². The molecule has 0 radical (unpaired) electrons. The normalized spacial score (nSPS) is 10.7. The molecule has 0 saturated heterocycles. The molecule has 0 aliphatic rings. The van der Waals surface area contributed by atoms with Crippen molar-refractivity contribution in [3.63, 3.8) is 0 Å². The second-order valence-electron chi connectivity index (χ2n) is 3.61. The van der Waals surface area contributed by atoms with Crippen molar-refractivity contribution in [1.82, 2.24) is 4.98 Å². The van der Waals surface area contributed by atoms with Crippen molar-refractivity contribution in [2.24, 2.45) is 0 Å². The molecule has 0 bridgehead atoms. The highest BCUT2D eigenvalue weighted by molar-refractivity contribution is 7.92. The fourth-order valence-electron chi connectivity index (χ4n) is 1.36. The molecule has 2 aromatic rings. The second kappa shape index (κ2) is 5.04. The minimum Gasteiger partial charge on any atom is -0.278 e. The highest BCUT2D eigenvalue weighted by Crippen LogP contribution is 2.15. The standard InChI is InChI=1S/C12H8FN3O2S/c13-12-6-3-10(8-15-12)16-19(17,18)11-4-1-9(7-14)2-5-11/h1-6,8,16H. The van der Waals surface area contributed by atoms with Crippen molar-refractivity contribution in [2.75, 3.05) is 4.72 Å². The van der Waals surface area contributed by atoms with Crippen molar-refractivity contribution in [1.29, 1.82) is 5.26 Å². The largest absolute Gasteiger partial charge is 0.278 e. The Morgan fingerprint density at radius 1 is 1.16 bits per heavy atom. The van der Waals surface area contributed by atoms with E-state index in [1.807, 2.05) is 6.07 Å². The smallest absolute Gasteiger partial charge is 0.261 e. The molecule has 0 atom stereocenters. The van der Waals surface area contributed by atoms with E-state index in [0.717, 1.165) is 12.3 Å². The van der Waals surface area contributed by atoms with Crippen LogP contribution in [0.2, 0.25) is 0 Å². The summed E-state index contributed by atoms with van der Waals surface area (Å²) in [5, 5.41) is 8.63. The van der Waals surface area contributed by atoms with Crippen LogP contribution >= 0.6 is 0 Å². The highest BCUT2D eigenvalue weighted by Gasteiger charge is 2.14. The Balaban J connectivity index is 2.27. The third-order valence-corrected chi connectivity index (χ3v) is 3.67. The fourth-order valence-corrected chi connectivity index (χ4v) is 2.40. The SMILES string of the molecule is N#Cc1ccc(S(=O)(=O)Nc2ccc(F)nc2)cc1. The zero-order valence-electron chi connectivity index (χ0n) is 9.54. The lowest BCUT2D eigenvalue weighted by Gasteiger charge is -2.07. The van der Waals surface area contributed by atoms with Crippen LogP contribution in [0, 0.1) is 17.3 Å². The summed E-state index contributed by atoms with van der Waals surface area (Å²) in [7, 11) is -3.77. The molecule has 0 fully saturated rings. The number of pyridine rings is 1. The van der Waals surface area contributed by atoms with Crippen LogP contribution in [0.25, 0.3) is 0 Å². The lowest BCUT2D eigenvalue weighted by atomic mass is 10.2. The molecule has 0 aliphatic carbocycles. The molecule has 96 valence electrons. The molecule has 1 aromatic carbocycles. The summed E-state index contributed by atoms with van der Waals surface area (Å²) in [5.41, 5.74) is 0.521. The van der Waals surface area contributed by atoms with Gasteiger partial charge in [-0.3, -0.25) is 4.72 Å². The Kier molecular flexibility index (Phi) is 3.44. The van der Waals surface area contributed by atoms with E-state index in [2.05, 4.69) is 9.71 Å². The third kappa shape index (κ3) is 3.05. The summed E-state index contributed by atoms with van der Waals surface area (Å²) in [6, 6.07) is 9.65. The van der Waals surface area contributed by atoms with Gasteiger partial charge in [0, 0.05) is 0 Å². The van der Waals surface area contributed by atoms with E-state index >= 15 is 0 Å². The lowest BCUT2D eigenvalue weighted by Crippen LogP contribution is -2.13. The van der Waals surface area contributed by atoms with E-state index in [0.29, 0.717) is 5.56 Å². The molecule has 0 spiro atoms. The monoisotopic (exact) mass is 277 g/mol. The molecule has 1 heterocycles. The van der Waals surface area contributed by atoms with Crippen LogP contribution < -0.4 is 4.72 Å². The quantitative estimate of drug-likeness (QED) is 0.868. The predicted octanol–water partition coefficient (Wildman–Crippen LogP) is 1.89. The summed E-state index contributed by atoms with van der Waals surface area (Å²) in [6.45, 7) is 0. The average molecular weight is 277 g/mol. The van der Waals surface area contributed by atoms with Gasteiger partial charge in [0.25, 0.3) is 10.0 Å². The number of nitrogens with zero attached hydrogens (tertiary/aromatic N) is 2. The first-order valence-electron chi connectivity index (χ1n) is 5.16.